The van der Waals surface area contributed by atoms with Gasteiger partial charge in [0.1, 0.15) is 0 Å². The average Bonchev–Trinajstić information content (AvgIpc) is 2.01. The molecule has 0 spiro atoms. The van der Waals surface area contributed by atoms with Gasteiger partial charge in [-0.1, -0.05) is 6.92 Å². The molecule has 0 aliphatic rings. The van der Waals surface area contributed by atoms with E-state index in [1.807, 2.05) is 19.1 Å². The van der Waals surface area contributed by atoms with Gasteiger partial charge >= 0.3 is 0 Å². The van der Waals surface area contributed by atoms with Crippen molar-refractivity contribution in [3.05, 3.63) is 29.6 Å². The van der Waals surface area contributed by atoms with Crippen molar-refractivity contribution in [3.8, 4) is 0 Å². The summed E-state index contributed by atoms with van der Waals surface area (Å²) in [6.45, 7) is 5.88. The summed E-state index contributed by atoms with van der Waals surface area (Å²) in [6, 6.07) is 6.83. The van der Waals surface area contributed by atoms with Crippen LogP contribution in [0.25, 0.3) is 0 Å². The first-order valence-corrected chi connectivity index (χ1v) is 3.87. The maximum absolute atomic E-state index is 4.32. The van der Waals surface area contributed by atoms with Gasteiger partial charge in [0, 0.05) is 12.2 Å². The van der Waals surface area contributed by atoms with E-state index in [9.17, 15) is 0 Å². The normalized spacial score (nSPS) is 10.0. The van der Waals surface area contributed by atoms with Crippen molar-refractivity contribution in [2.75, 3.05) is 6.54 Å². The van der Waals surface area contributed by atoms with Gasteiger partial charge in [-0.15, -0.1) is 0 Å². The highest BCUT2D eigenvalue weighted by atomic mass is 14.9. The van der Waals surface area contributed by atoms with Crippen molar-refractivity contribution in [2.45, 2.75) is 20.4 Å². The molecule has 0 fully saturated rings. The third-order valence-corrected chi connectivity index (χ3v) is 1.42. The molecule has 2 heteroatoms. The van der Waals surface area contributed by atoms with Crippen LogP contribution in [0.2, 0.25) is 0 Å². The summed E-state index contributed by atoms with van der Waals surface area (Å²) < 4.78 is 0. The van der Waals surface area contributed by atoms with E-state index in [1.54, 1.807) is 0 Å². The fourth-order valence-corrected chi connectivity index (χ4v) is 0.893. The molecule has 1 heterocycles. The Labute approximate surface area is 67.7 Å². The van der Waals surface area contributed by atoms with Crippen molar-refractivity contribution in [3.63, 3.8) is 0 Å². The fourth-order valence-electron chi connectivity index (χ4n) is 0.893. The van der Waals surface area contributed by atoms with Crippen LogP contribution in [0, 0.1) is 13.0 Å². The number of aromatic nitrogens is 1. The average molecular weight is 149 g/mol. The Balaban J connectivity index is 2.56. The van der Waals surface area contributed by atoms with Crippen LogP contribution in [0.15, 0.2) is 12.1 Å². The molecule has 0 amide bonds. The number of nitrogens with one attached hydrogen (secondary N) is 1. The van der Waals surface area contributed by atoms with Gasteiger partial charge in [-0.05, 0) is 31.7 Å². The second-order valence-corrected chi connectivity index (χ2v) is 2.48. The molecule has 1 aromatic heterocycles. The third kappa shape index (κ3) is 2.68. The highest BCUT2D eigenvalue weighted by Gasteiger charge is 1.91. The smallest absolute Gasteiger partial charge is 0.0551 e. The van der Waals surface area contributed by atoms with Gasteiger partial charge in [0.25, 0.3) is 0 Å². The molecule has 1 N–H and O–H groups in total. The predicted molar refractivity (Wildman–Crippen MR) is 45.2 cm³/mol. The monoisotopic (exact) mass is 149 g/mol. The number of aryl methyl sites for hydroxylation is 1. The Morgan fingerprint density at radius 1 is 1.55 bits per heavy atom. The quantitative estimate of drug-likeness (QED) is 0.700. The molecule has 0 saturated heterocycles. The maximum Gasteiger partial charge on any atom is 0.0551 e. The van der Waals surface area contributed by atoms with E-state index < -0.39 is 0 Å². The Kier molecular flexibility index (Phi) is 3.05. The lowest BCUT2D eigenvalue weighted by Gasteiger charge is -2.00. The Morgan fingerprint density at radius 2 is 2.36 bits per heavy atom. The first-order chi connectivity index (χ1) is 5.33. The molecule has 2 nitrogen and oxygen atoms in total. The van der Waals surface area contributed by atoms with E-state index in [2.05, 4.69) is 23.3 Å². The van der Waals surface area contributed by atoms with Crippen molar-refractivity contribution >= 4 is 0 Å². The Morgan fingerprint density at radius 3 is 3.00 bits per heavy atom. The molecular formula is C9H13N2. The van der Waals surface area contributed by atoms with Crippen LogP contribution in [0.5, 0.6) is 0 Å². The molecule has 11 heavy (non-hydrogen) atoms. The minimum Gasteiger partial charge on any atom is -0.311 e. The number of hydrogen-bond donors (Lipinski definition) is 1. The summed E-state index contributed by atoms with van der Waals surface area (Å²) in [5.41, 5.74) is 2.09. The first-order valence-electron chi connectivity index (χ1n) is 3.87. The Bertz CT molecular complexity index is 221. The molecule has 0 unspecified atom stereocenters. The van der Waals surface area contributed by atoms with Crippen LogP contribution < -0.4 is 5.32 Å². The van der Waals surface area contributed by atoms with E-state index >= 15 is 0 Å². The molecule has 0 aliphatic heterocycles. The number of pyridine rings is 1. The second kappa shape index (κ2) is 4.09. The lowest BCUT2D eigenvalue weighted by Crippen LogP contribution is -2.12. The summed E-state index contributed by atoms with van der Waals surface area (Å²) >= 11 is 0. The van der Waals surface area contributed by atoms with E-state index in [4.69, 9.17) is 0 Å². The van der Waals surface area contributed by atoms with Crippen LogP contribution in [0.3, 0.4) is 0 Å². The summed E-state index contributed by atoms with van der Waals surface area (Å²) in [5.74, 6) is 0. The molecule has 59 valence electrons. The highest BCUT2D eigenvalue weighted by molar-refractivity contribution is 5.08. The molecule has 0 bridgehead atoms. The molecular weight excluding hydrogens is 136 g/mol. The van der Waals surface area contributed by atoms with Gasteiger partial charge in [0.2, 0.25) is 0 Å². The van der Waals surface area contributed by atoms with Crippen molar-refractivity contribution in [1.29, 1.82) is 0 Å². The molecule has 0 atom stereocenters. The minimum atomic E-state index is 0.842. The zero-order valence-corrected chi connectivity index (χ0v) is 7.02. The lowest BCUT2D eigenvalue weighted by atomic mass is 10.3. The van der Waals surface area contributed by atoms with E-state index in [1.165, 1.54) is 0 Å². The second-order valence-electron chi connectivity index (χ2n) is 2.48. The van der Waals surface area contributed by atoms with Gasteiger partial charge in [-0.3, -0.25) is 4.98 Å². The van der Waals surface area contributed by atoms with Gasteiger partial charge in [-0.25, -0.2) is 0 Å². The van der Waals surface area contributed by atoms with E-state index in [0.717, 1.165) is 24.5 Å². The predicted octanol–water partition coefficient (Wildman–Crippen LogP) is 1.30. The maximum atomic E-state index is 4.32. The van der Waals surface area contributed by atoms with Crippen LogP contribution in [-0.4, -0.2) is 11.5 Å². The van der Waals surface area contributed by atoms with Gasteiger partial charge in [0.05, 0.1) is 5.69 Å². The van der Waals surface area contributed by atoms with Gasteiger partial charge < -0.3 is 5.32 Å². The number of nitrogens with zero attached hydrogens (tertiary/aromatic N) is 1. The van der Waals surface area contributed by atoms with Crippen LogP contribution in [0.1, 0.15) is 18.3 Å². The number of rotatable bonds is 3. The van der Waals surface area contributed by atoms with Gasteiger partial charge in [0.15, 0.2) is 0 Å². The number of hydrogen-bond acceptors (Lipinski definition) is 2. The lowest BCUT2D eigenvalue weighted by molar-refractivity contribution is 0.708. The minimum absolute atomic E-state index is 0.842. The molecule has 1 radical (unpaired) electrons. The van der Waals surface area contributed by atoms with E-state index in [-0.39, 0.29) is 0 Å². The topological polar surface area (TPSA) is 24.9 Å². The fraction of sp³-hybridized carbons (Fsp3) is 0.444. The largest absolute Gasteiger partial charge is 0.311 e. The van der Waals surface area contributed by atoms with Crippen molar-refractivity contribution in [1.82, 2.24) is 10.3 Å². The van der Waals surface area contributed by atoms with Crippen molar-refractivity contribution < 1.29 is 0 Å². The summed E-state index contributed by atoms with van der Waals surface area (Å²) in [4.78, 5) is 4.32. The molecule has 1 rings (SSSR count). The van der Waals surface area contributed by atoms with Crippen LogP contribution in [-0.2, 0) is 6.54 Å². The van der Waals surface area contributed by atoms with Crippen LogP contribution >= 0.6 is 0 Å². The van der Waals surface area contributed by atoms with Crippen LogP contribution in [0.4, 0.5) is 0 Å². The summed E-state index contributed by atoms with van der Waals surface area (Å²) in [7, 11) is 0. The SMILES string of the molecule is CCNCc1c[c]cc(C)n1. The third-order valence-electron chi connectivity index (χ3n) is 1.42. The zero-order valence-electron chi connectivity index (χ0n) is 7.02. The zero-order chi connectivity index (χ0) is 8.10. The molecule has 0 saturated carbocycles. The van der Waals surface area contributed by atoms with Gasteiger partial charge in [-0.2, -0.15) is 0 Å². The molecule has 1 aromatic rings. The molecule has 0 aliphatic carbocycles. The first kappa shape index (κ1) is 8.21. The Hall–Kier alpha value is -0.890. The highest BCUT2D eigenvalue weighted by Crippen LogP contribution is 1.95. The van der Waals surface area contributed by atoms with E-state index in [0.29, 0.717) is 0 Å². The summed E-state index contributed by atoms with van der Waals surface area (Å²) in [5, 5.41) is 3.21. The standard InChI is InChI=1S/C9H13N2/c1-3-10-7-9-6-4-5-8(2)11-9/h5-6,10H,3,7H2,1-2H3. The summed E-state index contributed by atoms with van der Waals surface area (Å²) in [6.07, 6.45) is 0. The van der Waals surface area contributed by atoms with Crippen molar-refractivity contribution in [2.24, 2.45) is 0 Å². The molecule has 0 aromatic carbocycles.